The number of rotatable bonds is 4. The second-order valence-corrected chi connectivity index (χ2v) is 10.0. The lowest BCUT2D eigenvalue weighted by Crippen LogP contribution is -2.51. The van der Waals surface area contributed by atoms with E-state index in [1.807, 2.05) is 16.7 Å². The highest BCUT2D eigenvalue weighted by Gasteiger charge is 2.36. The molecule has 2 atom stereocenters. The lowest BCUT2D eigenvalue weighted by Gasteiger charge is -2.37. The number of hydrogen-bond acceptors (Lipinski definition) is 9. The zero-order valence-corrected chi connectivity index (χ0v) is 20.6. The van der Waals surface area contributed by atoms with Gasteiger partial charge < -0.3 is 15.1 Å². The minimum absolute atomic E-state index is 0. The van der Waals surface area contributed by atoms with Gasteiger partial charge in [-0.2, -0.15) is 0 Å². The lowest BCUT2D eigenvalue weighted by atomic mass is 10.1. The number of non-ortho nitro benzene ring substituents is 1. The van der Waals surface area contributed by atoms with E-state index in [0.29, 0.717) is 6.04 Å². The van der Waals surface area contributed by atoms with E-state index in [0.717, 1.165) is 72.7 Å². The van der Waals surface area contributed by atoms with Crippen molar-refractivity contribution in [2.24, 2.45) is 0 Å². The van der Waals surface area contributed by atoms with Gasteiger partial charge in [0.2, 0.25) is 5.91 Å². The van der Waals surface area contributed by atoms with Crippen molar-refractivity contribution in [2.75, 3.05) is 55.8 Å². The number of nitro groups is 1. The Morgan fingerprint density at radius 2 is 1.97 bits per heavy atom. The molecule has 3 aliphatic heterocycles. The summed E-state index contributed by atoms with van der Waals surface area (Å²) in [6, 6.07) is 5.19. The highest BCUT2D eigenvalue weighted by atomic mass is 35.5. The van der Waals surface area contributed by atoms with Crippen LogP contribution in [-0.2, 0) is 4.79 Å². The molecule has 0 unspecified atom stereocenters. The summed E-state index contributed by atoms with van der Waals surface area (Å²) in [5.41, 5.74) is 0.914. The Hall–Kier alpha value is -1.37. The number of amides is 1. The quantitative estimate of drug-likeness (QED) is 0.485. The number of hydrogen-bond donors (Lipinski definition) is 1. The van der Waals surface area contributed by atoms with Gasteiger partial charge in [0.15, 0.2) is 5.13 Å². The van der Waals surface area contributed by atoms with E-state index in [4.69, 9.17) is 0 Å². The van der Waals surface area contributed by atoms with Crippen LogP contribution in [0.25, 0.3) is 10.2 Å². The number of nitrogens with one attached hydrogen (secondary N) is 1. The molecule has 3 saturated heterocycles. The molecule has 4 heterocycles. The smallest absolute Gasteiger partial charge is 0.270 e. The molecule has 1 aromatic carbocycles. The summed E-state index contributed by atoms with van der Waals surface area (Å²) in [6.07, 6.45) is 0.880. The van der Waals surface area contributed by atoms with E-state index in [1.165, 1.54) is 17.4 Å². The van der Waals surface area contributed by atoms with Gasteiger partial charge in [-0.05, 0) is 12.5 Å². The second kappa shape index (κ2) is 10.7. The number of halogens is 2. The van der Waals surface area contributed by atoms with Crippen molar-refractivity contribution in [1.82, 2.24) is 20.1 Å². The van der Waals surface area contributed by atoms with Crippen molar-refractivity contribution in [3.63, 3.8) is 0 Å². The van der Waals surface area contributed by atoms with Crippen molar-refractivity contribution >= 4 is 74.9 Å². The molecule has 2 aromatic rings. The molecule has 0 saturated carbocycles. The fraction of sp³-hybridized carbons (Fsp3) is 0.579. The third-order valence-corrected chi connectivity index (χ3v) is 8.19. The number of carbonyl (C=O) groups is 1. The summed E-state index contributed by atoms with van der Waals surface area (Å²) < 4.78 is 0.850. The maximum Gasteiger partial charge on any atom is 0.270 e. The van der Waals surface area contributed by atoms with Gasteiger partial charge >= 0.3 is 0 Å². The molecule has 13 heteroatoms. The summed E-state index contributed by atoms with van der Waals surface area (Å²) in [5, 5.41) is 15.4. The van der Waals surface area contributed by atoms with Crippen LogP contribution in [0.5, 0.6) is 0 Å². The van der Waals surface area contributed by atoms with E-state index >= 15 is 0 Å². The molecule has 0 spiro atoms. The Balaban J connectivity index is 0.00000144. The summed E-state index contributed by atoms with van der Waals surface area (Å²) in [5.74, 6) is 2.12. The van der Waals surface area contributed by atoms with Gasteiger partial charge in [0.1, 0.15) is 0 Å². The van der Waals surface area contributed by atoms with E-state index < -0.39 is 0 Å². The van der Waals surface area contributed by atoms with E-state index in [-0.39, 0.29) is 47.4 Å². The number of anilines is 1. The standard InChI is InChI=1S/C19H24N6O3S2.2ClH/c26-18(24-7-8-29-12-24)16-9-14(11-20-16)22-3-5-23(6-4-22)19-21-15-2-1-13(25(27)28)10-17(15)30-19;;/h1-2,10,14,16,20H,3-9,11-12H2;2*1H/t14-,16-;;/m0../s1. The molecule has 3 aliphatic rings. The van der Waals surface area contributed by atoms with E-state index in [9.17, 15) is 14.9 Å². The fourth-order valence-corrected chi connectivity index (χ4v) is 6.43. The number of carbonyl (C=O) groups excluding carboxylic acids is 1. The maximum atomic E-state index is 12.6. The molecule has 0 radical (unpaired) electrons. The Kier molecular flexibility index (Phi) is 8.45. The number of nitro benzene ring substituents is 1. The van der Waals surface area contributed by atoms with Crippen LogP contribution in [0.3, 0.4) is 0 Å². The maximum absolute atomic E-state index is 12.6. The van der Waals surface area contributed by atoms with Gasteiger partial charge in [0, 0.05) is 63.2 Å². The molecule has 32 heavy (non-hydrogen) atoms. The zero-order chi connectivity index (χ0) is 20.7. The van der Waals surface area contributed by atoms with Crippen LogP contribution >= 0.6 is 47.9 Å². The predicted molar refractivity (Wildman–Crippen MR) is 134 cm³/mol. The molecule has 0 aliphatic carbocycles. The summed E-state index contributed by atoms with van der Waals surface area (Å²) >= 11 is 3.34. The van der Waals surface area contributed by atoms with Gasteiger partial charge in [-0.25, -0.2) is 4.98 Å². The predicted octanol–water partition coefficient (Wildman–Crippen LogP) is 2.43. The normalized spacial score (nSPS) is 23.8. The number of aromatic nitrogens is 1. The van der Waals surface area contributed by atoms with Gasteiger partial charge in [0.25, 0.3) is 5.69 Å². The zero-order valence-electron chi connectivity index (χ0n) is 17.3. The second-order valence-electron chi connectivity index (χ2n) is 7.92. The van der Waals surface area contributed by atoms with Crippen molar-refractivity contribution in [1.29, 1.82) is 0 Å². The lowest BCUT2D eigenvalue weighted by molar-refractivity contribution is -0.384. The summed E-state index contributed by atoms with van der Waals surface area (Å²) in [7, 11) is 0. The van der Waals surface area contributed by atoms with E-state index in [2.05, 4.69) is 20.1 Å². The summed E-state index contributed by atoms with van der Waals surface area (Å²) in [4.78, 5) is 34.7. The summed E-state index contributed by atoms with van der Waals surface area (Å²) in [6.45, 7) is 5.35. The van der Waals surface area contributed by atoms with Crippen LogP contribution < -0.4 is 10.2 Å². The van der Waals surface area contributed by atoms with Crippen LogP contribution in [0.2, 0.25) is 0 Å². The third kappa shape index (κ3) is 5.07. The van der Waals surface area contributed by atoms with Crippen LogP contribution in [0, 0.1) is 10.1 Å². The number of fused-ring (bicyclic) bond motifs is 1. The van der Waals surface area contributed by atoms with E-state index in [1.54, 1.807) is 12.1 Å². The van der Waals surface area contributed by atoms with Crippen LogP contribution in [0.4, 0.5) is 10.8 Å². The molecule has 1 N–H and O–H groups in total. The Morgan fingerprint density at radius 3 is 2.66 bits per heavy atom. The Labute approximate surface area is 206 Å². The molecule has 176 valence electrons. The van der Waals surface area contributed by atoms with Crippen molar-refractivity contribution in [3.8, 4) is 0 Å². The minimum atomic E-state index is -0.367. The van der Waals surface area contributed by atoms with Crippen LogP contribution in [0.15, 0.2) is 18.2 Å². The highest BCUT2D eigenvalue weighted by molar-refractivity contribution is 7.99. The number of thioether (sulfide) groups is 1. The largest absolute Gasteiger partial charge is 0.345 e. The molecule has 3 fully saturated rings. The fourth-order valence-electron chi connectivity index (χ4n) is 4.42. The molecular formula is C19H26Cl2N6O3S2. The number of thiazole rings is 1. The minimum Gasteiger partial charge on any atom is -0.345 e. The van der Waals surface area contributed by atoms with Gasteiger partial charge in [-0.1, -0.05) is 11.3 Å². The van der Waals surface area contributed by atoms with Gasteiger partial charge in [0.05, 0.1) is 27.1 Å². The SMILES string of the molecule is Cl.Cl.O=C([C@@H]1C[C@H](N2CCN(c3nc4ccc([N+](=O)[O-])cc4s3)CC2)CN1)N1CCSC1. The first-order chi connectivity index (χ1) is 14.6. The van der Waals surface area contributed by atoms with Gasteiger partial charge in [-0.15, -0.1) is 36.6 Å². The van der Waals surface area contributed by atoms with Crippen molar-refractivity contribution < 1.29 is 9.72 Å². The van der Waals surface area contributed by atoms with Crippen molar-refractivity contribution in [2.45, 2.75) is 18.5 Å². The van der Waals surface area contributed by atoms with Crippen LogP contribution in [-0.4, -0.2) is 88.6 Å². The molecule has 5 rings (SSSR count). The average molecular weight is 521 g/mol. The number of piperazine rings is 1. The molecule has 9 nitrogen and oxygen atoms in total. The molecule has 0 bridgehead atoms. The molecule has 1 amide bonds. The molecule has 1 aromatic heterocycles. The number of nitrogens with zero attached hydrogens (tertiary/aromatic N) is 5. The average Bonchev–Trinajstić information content (AvgIpc) is 3.53. The number of benzene rings is 1. The van der Waals surface area contributed by atoms with Crippen LogP contribution in [0.1, 0.15) is 6.42 Å². The molecular weight excluding hydrogens is 495 g/mol. The first kappa shape index (κ1) is 25.3. The Bertz CT molecular complexity index is 966. The first-order valence-electron chi connectivity index (χ1n) is 10.2. The first-order valence-corrected chi connectivity index (χ1v) is 12.2. The monoisotopic (exact) mass is 520 g/mol. The third-order valence-electron chi connectivity index (χ3n) is 6.14. The van der Waals surface area contributed by atoms with Gasteiger partial charge in [-0.3, -0.25) is 19.8 Å². The topological polar surface area (TPSA) is 94.8 Å². The highest BCUT2D eigenvalue weighted by Crippen LogP contribution is 2.32. The van der Waals surface area contributed by atoms with Crippen molar-refractivity contribution in [3.05, 3.63) is 28.3 Å². The Morgan fingerprint density at radius 1 is 1.19 bits per heavy atom.